The lowest BCUT2D eigenvalue weighted by Crippen LogP contribution is -2.00. The van der Waals surface area contributed by atoms with E-state index in [1.165, 1.54) is 23.1 Å². The standard InChI is InChI=1S/C14H12ClNOS2/c1-18-14(9-12(17)13-7-4-8-19-13)16-11-6-3-2-5-10(11)15/h2-9,16H,1H3. The number of anilines is 1. The van der Waals surface area contributed by atoms with Crippen LogP contribution in [0.15, 0.2) is 52.9 Å². The number of nitrogens with one attached hydrogen (secondary N) is 1. The van der Waals surface area contributed by atoms with Crippen molar-refractivity contribution in [1.29, 1.82) is 0 Å². The molecule has 0 unspecified atom stereocenters. The Kier molecular flexibility index (Phi) is 5.07. The van der Waals surface area contributed by atoms with Crippen molar-refractivity contribution in [3.05, 3.63) is 62.8 Å². The van der Waals surface area contributed by atoms with Gasteiger partial charge in [-0.15, -0.1) is 23.1 Å². The van der Waals surface area contributed by atoms with Crippen LogP contribution in [0.3, 0.4) is 0 Å². The number of para-hydroxylation sites is 1. The fourth-order valence-corrected chi connectivity index (χ4v) is 2.71. The molecule has 0 atom stereocenters. The van der Waals surface area contributed by atoms with Gasteiger partial charge in [-0.25, -0.2) is 0 Å². The van der Waals surface area contributed by atoms with E-state index in [0.29, 0.717) is 5.02 Å². The molecular weight excluding hydrogens is 298 g/mol. The van der Waals surface area contributed by atoms with Gasteiger partial charge in [-0.3, -0.25) is 4.79 Å². The van der Waals surface area contributed by atoms with E-state index in [-0.39, 0.29) is 5.78 Å². The highest BCUT2D eigenvalue weighted by molar-refractivity contribution is 8.02. The van der Waals surface area contributed by atoms with Crippen LogP contribution in [-0.4, -0.2) is 12.0 Å². The molecule has 0 saturated heterocycles. The number of thiophene rings is 1. The lowest BCUT2D eigenvalue weighted by Gasteiger charge is -2.09. The summed E-state index contributed by atoms with van der Waals surface area (Å²) in [5.74, 6) is -0.00102. The van der Waals surface area contributed by atoms with E-state index in [1.807, 2.05) is 48.0 Å². The van der Waals surface area contributed by atoms with Gasteiger partial charge in [-0.1, -0.05) is 29.8 Å². The first-order chi connectivity index (χ1) is 9.20. The summed E-state index contributed by atoms with van der Waals surface area (Å²) >= 11 is 8.99. The third-order valence-electron chi connectivity index (χ3n) is 2.38. The van der Waals surface area contributed by atoms with E-state index in [9.17, 15) is 4.79 Å². The van der Waals surface area contributed by atoms with Crippen molar-refractivity contribution < 1.29 is 4.79 Å². The zero-order chi connectivity index (χ0) is 13.7. The third-order valence-corrected chi connectivity index (χ3v) is 4.25. The van der Waals surface area contributed by atoms with Gasteiger partial charge in [0.15, 0.2) is 5.78 Å². The Morgan fingerprint density at radius 1 is 1.32 bits per heavy atom. The lowest BCUT2D eigenvalue weighted by atomic mass is 10.3. The third kappa shape index (κ3) is 3.86. The number of allylic oxidation sites excluding steroid dienone is 1. The van der Waals surface area contributed by atoms with E-state index in [4.69, 9.17) is 11.6 Å². The van der Waals surface area contributed by atoms with Crippen molar-refractivity contribution in [3.63, 3.8) is 0 Å². The van der Waals surface area contributed by atoms with Crippen molar-refractivity contribution in [3.8, 4) is 0 Å². The Hall–Kier alpha value is -1.23. The van der Waals surface area contributed by atoms with Gasteiger partial charge >= 0.3 is 0 Å². The van der Waals surface area contributed by atoms with Crippen LogP contribution in [0.2, 0.25) is 5.02 Å². The monoisotopic (exact) mass is 309 g/mol. The quantitative estimate of drug-likeness (QED) is 0.629. The molecule has 98 valence electrons. The Labute approximate surface area is 125 Å². The summed E-state index contributed by atoms with van der Waals surface area (Å²) in [5, 5.41) is 6.46. The van der Waals surface area contributed by atoms with Gasteiger partial charge in [-0.05, 0) is 29.8 Å². The predicted molar refractivity (Wildman–Crippen MR) is 85.3 cm³/mol. The summed E-state index contributed by atoms with van der Waals surface area (Å²) in [5.41, 5.74) is 0.795. The van der Waals surface area contributed by atoms with Gasteiger partial charge in [-0.2, -0.15) is 0 Å². The van der Waals surface area contributed by atoms with Crippen LogP contribution in [0.25, 0.3) is 0 Å². The molecule has 2 aromatic rings. The summed E-state index contributed by atoms with van der Waals surface area (Å²) in [6, 6.07) is 11.1. The predicted octanol–water partition coefficient (Wildman–Crippen LogP) is 4.90. The fraction of sp³-hybridized carbons (Fsp3) is 0.0714. The maximum atomic E-state index is 12.0. The van der Waals surface area contributed by atoms with Crippen molar-refractivity contribution in [1.82, 2.24) is 0 Å². The molecule has 19 heavy (non-hydrogen) atoms. The van der Waals surface area contributed by atoms with Crippen molar-refractivity contribution in [2.45, 2.75) is 0 Å². The molecule has 0 saturated carbocycles. The first-order valence-corrected chi connectivity index (χ1v) is 8.04. The number of ketones is 1. The van der Waals surface area contributed by atoms with Crippen molar-refractivity contribution >= 4 is 46.2 Å². The van der Waals surface area contributed by atoms with Crippen LogP contribution < -0.4 is 5.32 Å². The fourth-order valence-electron chi connectivity index (χ4n) is 1.45. The van der Waals surface area contributed by atoms with Gasteiger partial charge in [0.05, 0.1) is 20.6 Å². The SMILES string of the molecule is CSC(=CC(=O)c1cccs1)Nc1ccccc1Cl. The molecule has 0 aliphatic heterocycles. The minimum absolute atomic E-state index is 0.00102. The molecule has 1 aromatic carbocycles. The van der Waals surface area contributed by atoms with Crippen LogP contribution in [0.1, 0.15) is 9.67 Å². The number of benzene rings is 1. The summed E-state index contributed by atoms with van der Waals surface area (Å²) in [4.78, 5) is 12.7. The molecule has 2 nitrogen and oxygen atoms in total. The number of halogens is 1. The van der Waals surface area contributed by atoms with Gasteiger partial charge in [0.25, 0.3) is 0 Å². The van der Waals surface area contributed by atoms with E-state index >= 15 is 0 Å². The molecule has 0 bridgehead atoms. The second-order valence-electron chi connectivity index (χ2n) is 3.66. The topological polar surface area (TPSA) is 29.1 Å². The normalized spacial score (nSPS) is 11.4. The summed E-state index contributed by atoms with van der Waals surface area (Å²) in [6.07, 6.45) is 3.51. The van der Waals surface area contributed by atoms with Gasteiger partial charge in [0.2, 0.25) is 0 Å². The van der Waals surface area contributed by atoms with E-state index in [2.05, 4.69) is 5.32 Å². The largest absolute Gasteiger partial charge is 0.349 e. The van der Waals surface area contributed by atoms with Crippen molar-refractivity contribution in [2.24, 2.45) is 0 Å². The maximum Gasteiger partial charge on any atom is 0.198 e. The van der Waals surface area contributed by atoms with Gasteiger partial charge < -0.3 is 5.32 Å². The molecule has 0 amide bonds. The average Bonchev–Trinajstić information content (AvgIpc) is 2.94. The van der Waals surface area contributed by atoms with Gasteiger partial charge in [0.1, 0.15) is 0 Å². The number of rotatable bonds is 5. The molecule has 2 rings (SSSR count). The number of thioether (sulfide) groups is 1. The number of carbonyl (C=O) groups excluding carboxylic acids is 1. The first kappa shape index (κ1) is 14.2. The lowest BCUT2D eigenvalue weighted by molar-refractivity contribution is 0.105. The minimum Gasteiger partial charge on any atom is -0.349 e. The summed E-state index contributed by atoms with van der Waals surface area (Å²) in [7, 11) is 0. The van der Waals surface area contributed by atoms with Crippen LogP contribution in [-0.2, 0) is 0 Å². The zero-order valence-corrected chi connectivity index (χ0v) is 12.6. The molecule has 0 spiro atoms. The maximum absolute atomic E-state index is 12.0. The molecule has 1 aromatic heterocycles. The van der Waals surface area contributed by atoms with Crippen LogP contribution >= 0.6 is 34.7 Å². The van der Waals surface area contributed by atoms with E-state index in [1.54, 1.807) is 6.08 Å². The Morgan fingerprint density at radius 3 is 2.74 bits per heavy atom. The smallest absolute Gasteiger partial charge is 0.198 e. The highest BCUT2D eigenvalue weighted by Crippen LogP contribution is 2.25. The molecule has 1 heterocycles. The molecule has 0 radical (unpaired) electrons. The molecule has 0 aliphatic carbocycles. The number of hydrogen-bond donors (Lipinski definition) is 1. The Balaban J connectivity index is 2.17. The molecule has 0 fully saturated rings. The second-order valence-corrected chi connectivity index (χ2v) is 5.86. The van der Waals surface area contributed by atoms with E-state index in [0.717, 1.165) is 15.6 Å². The molecule has 1 N–H and O–H groups in total. The summed E-state index contributed by atoms with van der Waals surface area (Å²) < 4.78 is 0. The summed E-state index contributed by atoms with van der Waals surface area (Å²) in [6.45, 7) is 0. The Bertz CT molecular complexity index is 593. The van der Waals surface area contributed by atoms with Crippen LogP contribution in [0.4, 0.5) is 5.69 Å². The van der Waals surface area contributed by atoms with Crippen LogP contribution in [0, 0.1) is 0 Å². The van der Waals surface area contributed by atoms with Gasteiger partial charge in [0, 0.05) is 6.08 Å². The first-order valence-electron chi connectivity index (χ1n) is 5.56. The Morgan fingerprint density at radius 2 is 2.11 bits per heavy atom. The number of hydrogen-bond acceptors (Lipinski definition) is 4. The number of carbonyl (C=O) groups is 1. The van der Waals surface area contributed by atoms with Crippen molar-refractivity contribution in [2.75, 3.05) is 11.6 Å². The zero-order valence-electron chi connectivity index (χ0n) is 10.2. The van der Waals surface area contributed by atoms with E-state index < -0.39 is 0 Å². The minimum atomic E-state index is -0.00102. The molecular formula is C14H12ClNOS2. The molecule has 0 aliphatic rings. The highest BCUT2D eigenvalue weighted by atomic mass is 35.5. The molecule has 5 heteroatoms. The average molecular weight is 310 g/mol. The van der Waals surface area contributed by atoms with Crippen LogP contribution in [0.5, 0.6) is 0 Å². The highest BCUT2D eigenvalue weighted by Gasteiger charge is 2.07. The second kappa shape index (κ2) is 6.80.